The van der Waals surface area contributed by atoms with Crippen LogP contribution in [0, 0.1) is 0 Å². The summed E-state index contributed by atoms with van der Waals surface area (Å²) in [6.45, 7) is 9.42. The molecular weight excluding hydrogens is 326 g/mol. The van der Waals surface area contributed by atoms with Gasteiger partial charge in [0.1, 0.15) is 0 Å². The molecule has 0 spiro atoms. The van der Waals surface area contributed by atoms with Gasteiger partial charge < -0.3 is 0 Å². The highest BCUT2D eigenvalue weighted by atomic mass is 14.8. The summed E-state index contributed by atoms with van der Waals surface area (Å²) in [6, 6.07) is 20.1. The Morgan fingerprint density at radius 2 is 1.41 bits per heavy atom. The van der Waals surface area contributed by atoms with E-state index in [1.54, 1.807) is 0 Å². The Kier molecular flexibility index (Phi) is 3.44. The third-order valence-electron chi connectivity index (χ3n) is 6.77. The number of benzene rings is 2. The SMILES string of the molecule is CC1(C)CCC(C)(C)c2nc(-c3cccc4c3Cc3ccccc3-4)ccc21. The van der Waals surface area contributed by atoms with Crippen LogP contribution in [0.5, 0.6) is 0 Å². The van der Waals surface area contributed by atoms with Gasteiger partial charge in [-0.2, -0.15) is 0 Å². The third kappa shape index (κ3) is 2.48. The van der Waals surface area contributed by atoms with Gasteiger partial charge in [0, 0.05) is 11.0 Å². The van der Waals surface area contributed by atoms with Crippen molar-refractivity contribution in [1.82, 2.24) is 4.98 Å². The zero-order valence-corrected chi connectivity index (χ0v) is 16.8. The number of fused-ring (bicyclic) bond motifs is 4. The second-order valence-electron chi connectivity index (χ2n) is 9.53. The number of pyridine rings is 1. The first-order valence-electron chi connectivity index (χ1n) is 10.1. The van der Waals surface area contributed by atoms with Gasteiger partial charge in [-0.1, -0.05) is 76.2 Å². The van der Waals surface area contributed by atoms with Crippen LogP contribution in [0.4, 0.5) is 0 Å². The fourth-order valence-corrected chi connectivity index (χ4v) is 4.95. The van der Waals surface area contributed by atoms with Crippen molar-refractivity contribution >= 4 is 0 Å². The predicted molar refractivity (Wildman–Crippen MR) is 113 cm³/mol. The zero-order valence-electron chi connectivity index (χ0n) is 16.8. The molecule has 2 aromatic carbocycles. The van der Waals surface area contributed by atoms with Gasteiger partial charge in [-0.05, 0) is 58.6 Å². The second-order valence-corrected chi connectivity index (χ2v) is 9.53. The van der Waals surface area contributed by atoms with E-state index in [1.807, 2.05) is 0 Å². The van der Waals surface area contributed by atoms with E-state index in [1.165, 1.54) is 51.9 Å². The van der Waals surface area contributed by atoms with Gasteiger partial charge in [-0.15, -0.1) is 0 Å². The molecule has 0 radical (unpaired) electrons. The molecule has 1 heteroatoms. The molecule has 1 aromatic heterocycles. The van der Waals surface area contributed by atoms with Crippen molar-refractivity contribution < 1.29 is 0 Å². The van der Waals surface area contributed by atoms with E-state index in [9.17, 15) is 0 Å². The summed E-state index contributed by atoms with van der Waals surface area (Å²) in [6.07, 6.45) is 3.43. The van der Waals surface area contributed by atoms with Crippen LogP contribution < -0.4 is 0 Å². The van der Waals surface area contributed by atoms with Gasteiger partial charge >= 0.3 is 0 Å². The Morgan fingerprint density at radius 3 is 2.26 bits per heavy atom. The molecule has 1 heterocycles. The Balaban J connectivity index is 1.68. The molecule has 0 amide bonds. The lowest BCUT2D eigenvalue weighted by atomic mass is 9.65. The molecule has 3 aromatic rings. The number of hydrogen-bond acceptors (Lipinski definition) is 1. The topological polar surface area (TPSA) is 12.9 Å². The van der Waals surface area contributed by atoms with Gasteiger partial charge in [-0.3, -0.25) is 4.98 Å². The fraction of sp³-hybridized carbons (Fsp3) is 0.346. The highest BCUT2D eigenvalue weighted by molar-refractivity contribution is 5.84. The highest BCUT2D eigenvalue weighted by Gasteiger charge is 2.38. The van der Waals surface area contributed by atoms with Crippen LogP contribution in [0.2, 0.25) is 0 Å². The van der Waals surface area contributed by atoms with Crippen molar-refractivity contribution in [2.45, 2.75) is 57.8 Å². The minimum absolute atomic E-state index is 0.141. The summed E-state index contributed by atoms with van der Waals surface area (Å²) in [5.74, 6) is 0. The second kappa shape index (κ2) is 5.55. The average molecular weight is 354 g/mol. The lowest BCUT2D eigenvalue weighted by molar-refractivity contribution is 0.323. The van der Waals surface area contributed by atoms with Gasteiger partial charge in [0.15, 0.2) is 0 Å². The van der Waals surface area contributed by atoms with Gasteiger partial charge in [0.25, 0.3) is 0 Å². The van der Waals surface area contributed by atoms with E-state index in [0.29, 0.717) is 0 Å². The Hall–Kier alpha value is -2.41. The normalized spacial score (nSPS) is 18.5. The minimum Gasteiger partial charge on any atom is -0.252 e. The van der Waals surface area contributed by atoms with E-state index in [0.717, 1.165) is 12.1 Å². The molecule has 0 atom stereocenters. The summed E-state index contributed by atoms with van der Waals surface area (Å²) in [5, 5.41) is 0. The molecule has 0 N–H and O–H groups in total. The molecule has 0 bridgehead atoms. The standard InChI is InChI=1S/C26H27N/c1-25(2)14-15-26(3,4)24-22(25)12-13-23(27-24)20-11-7-10-19-18-9-6-5-8-17(18)16-21(19)20/h5-13H,14-16H2,1-4H3. The van der Waals surface area contributed by atoms with Crippen LogP contribution in [0.3, 0.4) is 0 Å². The van der Waals surface area contributed by atoms with Crippen molar-refractivity contribution in [1.29, 1.82) is 0 Å². The molecule has 0 fully saturated rings. The van der Waals surface area contributed by atoms with Gasteiger partial charge in [-0.25, -0.2) is 0 Å². The molecule has 0 aliphatic heterocycles. The maximum atomic E-state index is 5.27. The molecule has 136 valence electrons. The van der Waals surface area contributed by atoms with E-state index in [2.05, 4.69) is 82.3 Å². The van der Waals surface area contributed by atoms with E-state index >= 15 is 0 Å². The summed E-state index contributed by atoms with van der Waals surface area (Å²) in [5.41, 5.74) is 11.1. The molecule has 2 aliphatic carbocycles. The molecular formula is C26H27N. The van der Waals surface area contributed by atoms with E-state index in [4.69, 9.17) is 4.98 Å². The molecule has 27 heavy (non-hydrogen) atoms. The van der Waals surface area contributed by atoms with Gasteiger partial charge in [0.2, 0.25) is 0 Å². The van der Waals surface area contributed by atoms with E-state index < -0.39 is 0 Å². The largest absolute Gasteiger partial charge is 0.252 e. The van der Waals surface area contributed by atoms with Crippen molar-refractivity contribution in [3.05, 3.63) is 77.0 Å². The molecule has 5 rings (SSSR count). The van der Waals surface area contributed by atoms with Crippen molar-refractivity contribution in [2.24, 2.45) is 0 Å². The molecule has 0 saturated heterocycles. The average Bonchev–Trinajstić information content (AvgIpc) is 3.04. The minimum atomic E-state index is 0.141. The fourth-order valence-electron chi connectivity index (χ4n) is 4.95. The van der Waals surface area contributed by atoms with Crippen molar-refractivity contribution in [3.8, 4) is 22.4 Å². The zero-order chi connectivity index (χ0) is 18.8. The quantitative estimate of drug-likeness (QED) is 0.372. The Labute approximate surface area is 162 Å². The molecule has 1 nitrogen and oxygen atoms in total. The first-order chi connectivity index (χ1) is 12.9. The van der Waals surface area contributed by atoms with Crippen LogP contribution >= 0.6 is 0 Å². The Bertz CT molecular complexity index is 1060. The molecule has 2 aliphatic rings. The lowest BCUT2D eigenvalue weighted by Crippen LogP contribution is -2.35. The highest BCUT2D eigenvalue weighted by Crippen LogP contribution is 2.46. The predicted octanol–water partition coefficient (Wildman–Crippen LogP) is 6.67. The Morgan fingerprint density at radius 1 is 0.704 bits per heavy atom. The summed E-state index contributed by atoms with van der Waals surface area (Å²) in [4.78, 5) is 5.27. The van der Waals surface area contributed by atoms with Gasteiger partial charge in [0.05, 0.1) is 11.4 Å². The summed E-state index contributed by atoms with van der Waals surface area (Å²) < 4.78 is 0. The maximum absolute atomic E-state index is 5.27. The lowest BCUT2D eigenvalue weighted by Gasteiger charge is -2.40. The van der Waals surface area contributed by atoms with Crippen LogP contribution in [-0.2, 0) is 17.3 Å². The van der Waals surface area contributed by atoms with E-state index in [-0.39, 0.29) is 10.8 Å². The number of hydrogen-bond donors (Lipinski definition) is 0. The maximum Gasteiger partial charge on any atom is 0.0708 e. The summed E-state index contributed by atoms with van der Waals surface area (Å²) >= 11 is 0. The van der Waals surface area contributed by atoms with Crippen molar-refractivity contribution in [3.63, 3.8) is 0 Å². The third-order valence-corrected chi connectivity index (χ3v) is 6.77. The van der Waals surface area contributed by atoms with Crippen LogP contribution in [0.15, 0.2) is 54.6 Å². The number of nitrogens with zero attached hydrogens (tertiary/aromatic N) is 1. The van der Waals surface area contributed by atoms with Crippen LogP contribution in [0.25, 0.3) is 22.4 Å². The number of aromatic nitrogens is 1. The monoisotopic (exact) mass is 353 g/mol. The van der Waals surface area contributed by atoms with Crippen molar-refractivity contribution in [2.75, 3.05) is 0 Å². The van der Waals surface area contributed by atoms with Crippen LogP contribution in [0.1, 0.15) is 62.9 Å². The first kappa shape index (κ1) is 16.7. The molecule has 0 unspecified atom stereocenters. The smallest absolute Gasteiger partial charge is 0.0708 e. The number of rotatable bonds is 1. The first-order valence-corrected chi connectivity index (χ1v) is 10.1. The summed E-state index contributed by atoms with van der Waals surface area (Å²) in [7, 11) is 0. The molecule has 0 saturated carbocycles. The van der Waals surface area contributed by atoms with Crippen LogP contribution in [-0.4, -0.2) is 4.98 Å².